The quantitative estimate of drug-likeness (QED) is 0.807. The second kappa shape index (κ2) is 6.27. The number of ether oxygens (including phenoxy) is 1. The van der Waals surface area contributed by atoms with E-state index >= 15 is 0 Å². The van der Waals surface area contributed by atoms with E-state index in [1.54, 1.807) is 12.1 Å². The minimum Gasteiger partial charge on any atom is -0.484 e. The zero-order chi connectivity index (χ0) is 12.8. The molecule has 0 aliphatic rings. The van der Waals surface area contributed by atoms with Gasteiger partial charge in [0.25, 0.3) is 0 Å². The van der Waals surface area contributed by atoms with Crippen molar-refractivity contribution in [1.82, 2.24) is 0 Å². The number of hydrogen-bond acceptors (Lipinski definition) is 3. The molecular formula is C13H14ClNO2. The number of Topliss-reactive ketones (excluding diaryl/α,β-unsaturated/α-hetero) is 1. The summed E-state index contributed by atoms with van der Waals surface area (Å²) >= 11 is 5.92. The molecule has 3 nitrogen and oxygen atoms in total. The summed E-state index contributed by atoms with van der Waals surface area (Å²) in [6, 6.07) is 6.71. The Labute approximate surface area is 106 Å². The van der Waals surface area contributed by atoms with Gasteiger partial charge in [0.2, 0.25) is 0 Å². The fourth-order valence-corrected chi connectivity index (χ4v) is 1.44. The minimum atomic E-state index is -0.00726. The van der Waals surface area contributed by atoms with Gasteiger partial charge in [0, 0.05) is 5.92 Å². The van der Waals surface area contributed by atoms with E-state index in [4.69, 9.17) is 21.6 Å². The molecule has 0 bridgehead atoms. The molecule has 0 N–H and O–H groups in total. The number of rotatable bonds is 5. The molecule has 4 heteroatoms. The Balaban J connectivity index is 2.65. The van der Waals surface area contributed by atoms with E-state index in [9.17, 15) is 4.79 Å². The number of nitrogens with zero attached hydrogens (tertiary/aromatic N) is 1. The first-order valence-electron chi connectivity index (χ1n) is 5.43. The second-order valence-corrected chi connectivity index (χ2v) is 4.23. The molecule has 1 unspecified atom stereocenters. The highest BCUT2D eigenvalue weighted by Crippen LogP contribution is 2.25. The van der Waals surface area contributed by atoms with E-state index in [-0.39, 0.29) is 18.3 Å². The lowest BCUT2D eigenvalue weighted by molar-refractivity contribution is -0.124. The van der Waals surface area contributed by atoms with Gasteiger partial charge in [-0.3, -0.25) is 4.79 Å². The molecule has 90 valence electrons. The van der Waals surface area contributed by atoms with Crippen LogP contribution in [0.25, 0.3) is 0 Å². The summed E-state index contributed by atoms with van der Waals surface area (Å²) in [5, 5.41) is 9.02. The number of ketones is 1. The molecule has 1 atom stereocenters. The van der Waals surface area contributed by atoms with Crippen LogP contribution in [0, 0.1) is 17.2 Å². The van der Waals surface area contributed by atoms with Crippen LogP contribution in [0.1, 0.15) is 25.8 Å². The monoisotopic (exact) mass is 251 g/mol. The lowest BCUT2D eigenvalue weighted by atomic mass is 10.0. The van der Waals surface area contributed by atoms with E-state index in [0.717, 1.165) is 6.42 Å². The third-order valence-corrected chi connectivity index (χ3v) is 2.89. The predicted octanol–water partition coefficient (Wildman–Crippen LogP) is 3.21. The highest BCUT2D eigenvalue weighted by molar-refractivity contribution is 6.32. The van der Waals surface area contributed by atoms with Crippen molar-refractivity contribution in [2.45, 2.75) is 20.3 Å². The van der Waals surface area contributed by atoms with E-state index in [2.05, 4.69) is 0 Å². The van der Waals surface area contributed by atoms with Crippen LogP contribution < -0.4 is 4.74 Å². The molecule has 0 saturated heterocycles. The van der Waals surface area contributed by atoms with Crippen molar-refractivity contribution in [2.24, 2.45) is 5.92 Å². The van der Waals surface area contributed by atoms with Gasteiger partial charge in [0.15, 0.2) is 5.78 Å². The number of carbonyl (C=O) groups excluding carboxylic acids is 1. The normalized spacial score (nSPS) is 11.6. The van der Waals surface area contributed by atoms with Crippen molar-refractivity contribution in [1.29, 1.82) is 5.26 Å². The Morgan fingerprint density at radius 1 is 1.59 bits per heavy atom. The van der Waals surface area contributed by atoms with Gasteiger partial charge in [-0.1, -0.05) is 25.4 Å². The van der Waals surface area contributed by atoms with Crippen LogP contribution in [0.3, 0.4) is 0 Å². The van der Waals surface area contributed by atoms with Crippen molar-refractivity contribution in [2.75, 3.05) is 6.61 Å². The summed E-state index contributed by atoms with van der Waals surface area (Å²) in [4.78, 5) is 11.6. The molecule has 0 heterocycles. The maximum Gasteiger partial charge on any atom is 0.172 e. The number of hydrogen-bond donors (Lipinski definition) is 0. The van der Waals surface area contributed by atoms with Gasteiger partial charge in [-0.05, 0) is 24.6 Å². The first-order chi connectivity index (χ1) is 8.08. The lowest BCUT2D eigenvalue weighted by Gasteiger charge is -2.10. The predicted molar refractivity (Wildman–Crippen MR) is 66.1 cm³/mol. The van der Waals surface area contributed by atoms with E-state index in [1.165, 1.54) is 6.07 Å². The summed E-state index contributed by atoms with van der Waals surface area (Å²) in [5.41, 5.74) is 0.468. The van der Waals surface area contributed by atoms with Crippen LogP contribution in [0.5, 0.6) is 5.75 Å². The van der Waals surface area contributed by atoms with Gasteiger partial charge < -0.3 is 4.74 Å². The zero-order valence-electron chi connectivity index (χ0n) is 9.87. The molecule has 0 radical (unpaired) electrons. The Kier molecular flexibility index (Phi) is 4.99. The molecule has 0 aromatic heterocycles. The molecule has 1 aromatic carbocycles. The SMILES string of the molecule is CCC(C)C(=O)COc1ccc(C#N)cc1Cl. The summed E-state index contributed by atoms with van der Waals surface area (Å²) in [5.74, 6) is 0.474. The second-order valence-electron chi connectivity index (χ2n) is 3.82. The largest absolute Gasteiger partial charge is 0.484 e. The molecule has 0 fully saturated rings. The zero-order valence-corrected chi connectivity index (χ0v) is 10.6. The van der Waals surface area contributed by atoms with Crippen molar-refractivity contribution < 1.29 is 9.53 Å². The van der Waals surface area contributed by atoms with Gasteiger partial charge in [-0.2, -0.15) is 5.26 Å². The summed E-state index contributed by atoms with van der Waals surface area (Å²) in [6.45, 7) is 3.84. The highest BCUT2D eigenvalue weighted by Gasteiger charge is 2.12. The van der Waals surface area contributed by atoms with Crippen LogP contribution >= 0.6 is 11.6 Å². The molecule has 0 aliphatic heterocycles. The molecular weight excluding hydrogens is 238 g/mol. The van der Waals surface area contributed by atoms with Crippen molar-refractivity contribution in [3.05, 3.63) is 28.8 Å². The van der Waals surface area contributed by atoms with Crippen LogP contribution in [0.4, 0.5) is 0 Å². The highest BCUT2D eigenvalue weighted by atomic mass is 35.5. The standard InChI is InChI=1S/C13H14ClNO2/c1-3-9(2)12(16)8-17-13-5-4-10(7-15)6-11(13)14/h4-6,9H,3,8H2,1-2H3. The molecule has 1 rings (SSSR count). The third-order valence-electron chi connectivity index (χ3n) is 2.59. The number of halogens is 1. The summed E-state index contributed by atoms with van der Waals surface area (Å²) in [7, 11) is 0. The first kappa shape index (κ1) is 13.5. The molecule has 0 saturated carbocycles. The van der Waals surface area contributed by atoms with Gasteiger partial charge in [-0.25, -0.2) is 0 Å². The van der Waals surface area contributed by atoms with E-state index < -0.39 is 0 Å². The molecule has 0 spiro atoms. The maximum absolute atomic E-state index is 11.6. The van der Waals surface area contributed by atoms with Crippen molar-refractivity contribution in [3.8, 4) is 11.8 Å². The molecule has 0 amide bonds. The van der Waals surface area contributed by atoms with Crippen molar-refractivity contribution >= 4 is 17.4 Å². The van der Waals surface area contributed by atoms with Gasteiger partial charge in [0.05, 0.1) is 16.7 Å². The van der Waals surface area contributed by atoms with Crippen LogP contribution in [-0.2, 0) is 4.79 Å². The van der Waals surface area contributed by atoms with E-state index in [1.807, 2.05) is 19.9 Å². The Morgan fingerprint density at radius 3 is 2.82 bits per heavy atom. The lowest BCUT2D eigenvalue weighted by Crippen LogP contribution is -2.18. The van der Waals surface area contributed by atoms with Gasteiger partial charge >= 0.3 is 0 Å². The fourth-order valence-electron chi connectivity index (χ4n) is 1.21. The fraction of sp³-hybridized carbons (Fsp3) is 0.385. The van der Waals surface area contributed by atoms with E-state index in [0.29, 0.717) is 16.3 Å². The summed E-state index contributed by atoms with van der Waals surface area (Å²) in [6.07, 6.45) is 0.795. The topological polar surface area (TPSA) is 50.1 Å². The van der Waals surface area contributed by atoms with Crippen LogP contribution in [-0.4, -0.2) is 12.4 Å². The minimum absolute atomic E-state index is 0.00726. The Morgan fingerprint density at radius 2 is 2.29 bits per heavy atom. The van der Waals surface area contributed by atoms with Crippen LogP contribution in [0.2, 0.25) is 5.02 Å². The van der Waals surface area contributed by atoms with Crippen LogP contribution in [0.15, 0.2) is 18.2 Å². The number of benzene rings is 1. The molecule has 0 aliphatic carbocycles. The Bertz CT molecular complexity index is 451. The molecule has 17 heavy (non-hydrogen) atoms. The Hall–Kier alpha value is -1.53. The van der Waals surface area contributed by atoms with Gasteiger partial charge in [-0.15, -0.1) is 0 Å². The smallest absolute Gasteiger partial charge is 0.172 e. The molecule has 1 aromatic rings. The number of nitriles is 1. The van der Waals surface area contributed by atoms with Gasteiger partial charge in [0.1, 0.15) is 12.4 Å². The first-order valence-corrected chi connectivity index (χ1v) is 5.81. The average molecular weight is 252 g/mol. The number of carbonyl (C=O) groups is 1. The maximum atomic E-state index is 11.6. The third kappa shape index (κ3) is 3.76. The van der Waals surface area contributed by atoms with Crippen molar-refractivity contribution in [3.63, 3.8) is 0 Å². The average Bonchev–Trinajstić information content (AvgIpc) is 2.35. The summed E-state index contributed by atoms with van der Waals surface area (Å²) < 4.78 is 5.33.